The largest absolute Gasteiger partial charge is 0.381 e. The van der Waals surface area contributed by atoms with Crippen molar-refractivity contribution >= 4 is 11.8 Å². The first-order chi connectivity index (χ1) is 8.34. The monoisotopic (exact) mass is 257 g/mol. The van der Waals surface area contributed by atoms with Gasteiger partial charge in [-0.1, -0.05) is 19.3 Å². The van der Waals surface area contributed by atoms with Gasteiger partial charge in [0.05, 0.1) is 0 Å². The van der Waals surface area contributed by atoms with Crippen molar-refractivity contribution < 1.29 is 4.74 Å². The van der Waals surface area contributed by atoms with Crippen LogP contribution in [-0.2, 0) is 4.74 Å². The molecule has 0 amide bonds. The molecule has 1 aliphatic carbocycles. The summed E-state index contributed by atoms with van der Waals surface area (Å²) in [6, 6.07) is 0.407. The van der Waals surface area contributed by atoms with Crippen LogP contribution in [0.1, 0.15) is 51.4 Å². The Bertz CT molecular complexity index is 200. The maximum Gasteiger partial charge on any atom is 0.0468 e. The zero-order valence-electron chi connectivity index (χ0n) is 10.9. The molecule has 1 heterocycles. The van der Waals surface area contributed by atoms with Gasteiger partial charge in [-0.15, -0.1) is 0 Å². The maximum atomic E-state index is 6.26. The van der Waals surface area contributed by atoms with E-state index < -0.39 is 0 Å². The van der Waals surface area contributed by atoms with Crippen molar-refractivity contribution in [2.45, 2.75) is 62.7 Å². The summed E-state index contributed by atoms with van der Waals surface area (Å²) in [5.74, 6) is 1.99. The minimum absolute atomic E-state index is 0.407. The van der Waals surface area contributed by atoms with Gasteiger partial charge in [0.15, 0.2) is 0 Å². The summed E-state index contributed by atoms with van der Waals surface area (Å²) in [7, 11) is 0. The van der Waals surface area contributed by atoms with E-state index in [2.05, 4.69) is 11.8 Å². The van der Waals surface area contributed by atoms with Crippen LogP contribution in [0.3, 0.4) is 0 Å². The summed E-state index contributed by atoms with van der Waals surface area (Å²) in [6.07, 6.45) is 10.8. The van der Waals surface area contributed by atoms with E-state index in [1.165, 1.54) is 57.1 Å². The number of nitrogens with two attached hydrogens (primary N) is 1. The summed E-state index contributed by atoms with van der Waals surface area (Å²) in [4.78, 5) is 0. The van der Waals surface area contributed by atoms with Gasteiger partial charge in [0.1, 0.15) is 0 Å². The van der Waals surface area contributed by atoms with Crippen LogP contribution in [0.5, 0.6) is 0 Å². The fourth-order valence-corrected chi connectivity index (χ4v) is 4.29. The second-order valence-corrected chi connectivity index (χ2v) is 6.98. The Morgan fingerprint density at radius 2 is 1.76 bits per heavy atom. The zero-order chi connectivity index (χ0) is 11.9. The molecule has 1 aliphatic heterocycles. The molecule has 2 nitrogen and oxygen atoms in total. The molecule has 2 fully saturated rings. The molecule has 0 radical (unpaired) electrons. The van der Waals surface area contributed by atoms with Crippen molar-refractivity contribution in [1.82, 2.24) is 0 Å². The van der Waals surface area contributed by atoms with Crippen LogP contribution in [0.4, 0.5) is 0 Å². The molecular formula is C14H27NOS. The van der Waals surface area contributed by atoms with Gasteiger partial charge in [-0.3, -0.25) is 0 Å². The number of thioether (sulfide) groups is 1. The van der Waals surface area contributed by atoms with Crippen LogP contribution in [-0.4, -0.2) is 30.3 Å². The molecule has 17 heavy (non-hydrogen) atoms. The molecule has 1 saturated heterocycles. The topological polar surface area (TPSA) is 35.2 Å². The molecule has 1 saturated carbocycles. The van der Waals surface area contributed by atoms with E-state index in [1.807, 2.05) is 0 Å². The molecule has 0 aromatic rings. The number of rotatable bonds is 5. The van der Waals surface area contributed by atoms with Crippen LogP contribution >= 0.6 is 11.8 Å². The van der Waals surface area contributed by atoms with Crippen molar-refractivity contribution in [3.8, 4) is 0 Å². The van der Waals surface area contributed by atoms with E-state index in [1.54, 1.807) is 0 Å². The number of hydrogen-bond acceptors (Lipinski definition) is 3. The summed E-state index contributed by atoms with van der Waals surface area (Å²) in [5.41, 5.74) is 6.26. The van der Waals surface area contributed by atoms with Crippen LogP contribution < -0.4 is 5.73 Å². The SMILES string of the molecule is NC(CSC1CCCCC1)CC1CCOCC1. The van der Waals surface area contributed by atoms with Gasteiger partial charge in [0, 0.05) is 30.3 Å². The predicted molar refractivity (Wildman–Crippen MR) is 75.5 cm³/mol. The molecule has 2 aliphatic rings. The first-order valence-corrected chi connectivity index (χ1v) is 8.34. The summed E-state index contributed by atoms with van der Waals surface area (Å²) in [5, 5.41) is 0.907. The van der Waals surface area contributed by atoms with Gasteiger partial charge in [0.25, 0.3) is 0 Å². The molecule has 2 N–H and O–H groups in total. The molecule has 100 valence electrons. The lowest BCUT2D eigenvalue weighted by atomic mass is 9.93. The first-order valence-electron chi connectivity index (χ1n) is 7.29. The normalized spacial score (nSPS) is 25.9. The van der Waals surface area contributed by atoms with E-state index in [-0.39, 0.29) is 0 Å². The van der Waals surface area contributed by atoms with Crippen molar-refractivity contribution in [3.05, 3.63) is 0 Å². The van der Waals surface area contributed by atoms with Crippen LogP contribution in [0, 0.1) is 5.92 Å². The van der Waals surface area contributed by atoms with Gasteiger partial charge in [-0.05, 0) is 38.0 Å². The quantitative estimate of drug-likeness (QED) is 0.821. The molecule has 3 heteroatoms. The molecule has 0 aromatic heterocycles. The van der Waals surface area contributed by atoms with Gasteiger partial charge >= 0.3 is 0 Å². The van der Waals surface area contributed by atoms with Gasteiger partial charge in [-0.2, -0.15) is 11.8 Å². The van der Waals surface area contributed by atoms with Gasteiger partial charge in [-0.25, -0.2) is 0 Å². The lowest BCUT2D eigenvalue weighted by Crippen LogP contribution is -2.29. The molecule has 1 atom stereocenters. The molecule has 2 rings (SSSR count). The van der Waals surface area contributed by atoms with Crippen LogP contribution in [0.15, 0.2) is 0 Å². The number of hydrogen-bond donors (Lipinski definition) is 1. The third kappa shape index (κ3) is 5.19. The molecule has 0 aromatic carbocycles. The standard InChI is InChI=1S/C14H27NOS/c15-13(10-12-6-8-16-9-7-12)11-17-14-4-2-1-3-5-14/h12-14H,1-11,15H2. The lowest BCUT2D eigenvalue weighted by molar-refractivity contribution is 0.0625. The molecule has 0 spiro atoms. The Labute approximate surface area is 110 Å². The Kier molecular flexibility index (Phi) is 6.16. The van der Waals surface area contributed by atoms with Crippen molar-refractivity contribution in [1.29, 1.82) is 0 Å². The van der Waals surface area contributed by atoms with Crippen LogP contribution in [0.25, 0.3) is 0 Å². The zero-order valence-corrected chi connectivity index (χ0v) is 11.7. The molecule has 1 unspecified atom stereocenters. The predicted octanol–water partition coefficient (Wildman–Crippen LogP) is 3.20. The highest BCUT2D eigenvalue weighted by Crippen LogP contribution is 2.29. The minimum Gasteiger partial charge on any atom is -0.381 e. The van der Waals surface area contributed by atoms with Gasteiger partial charge < -0.3 is 10.5 Å². The van der Waals surface area contributed by atoms with E-state index in [9.17, 15) is 0 Å². The summed E-state index contributed by atoms with van der Waals surface area (Å²) < 4.78 is 5.39. The highest BCUT2D eigenvalue weighted by molar-refractivity contribution is 7.99. The smallest absolute Gasteiger partial charge is 0.0468 e. The second kappa shape index (κ2) is 7.65. The Balaban J connectivity index is 1.57. The van der Waals surface area contributed by atoms with Crippen molar-refractivity contribution in [3.63, 3.8) is 0 Å². The van der Waals surface area contributed by atoms with Crippen molar-refractivity contribution in [2.24, 2.45) is 11.7 Å². The van der Waals surface area contributed by atoms with Crippen LogP contribution in [0.2, 0.25) is 0 Å². The lowest BCUT2D eigenvalue weighted by Gasteiger charge is -2.26. The fourth-order valence-electron chi connectivity index (χ4n) is 2.97. The minimum atomic E-state index is 0.407. The van der Waals surface area contributed by atoms with E-state index in [4.69, 9.17) is 10.5 Å². The van der Waals surface area contributed by atoms with Crippen molar-refractivity contribution in [2.75, 3.05) is 19.0 Å². The second-order valence-electron chi connectivity index (χ2n) is 5.64. The van der Waals surface area contributed by atoms with Gasteiger partial charge in [0.2, 0.25) is 0 Å². The highest BCUT2D eigenvalue weighted by atomic mass is 32.2. The Morgan fingerprint density at radius 1 is 1.06 bits per heavy atom. The third-order valence-electron chi connectivity index (χ3n) is 4.08. The summed E-state index contributed by atoms with van der Waals surface area (Å²) in [6.45, 7) is 1.90. The highest BCUT2D eigenvalue weighted by Gasteiger charge is 2.19. The number of ether oxygens (including phenoxy) is 1. The van der Waals surface area contributed by atoms with E-state index in [0.29, 0.717) is 6.04 Å². The summed E-state index contributed by atoms with van der Waals surface area (Å²) >= 11 is 2.14. The molecular weight excluding hydrogens is 230 g/mol. The third-order valence-corrected chi connectivity index (χ3v) is 5.64. The Morgan fingerprint density at radius 3 is 2.47 bits per heavy atom. The first kappa shape index (κ1) is 13.7. The average molecular weight is 257 g/mol. The fraction of sp³-hybridized carbons (Fsp3) is 1.00. The Hall–Kier alpha value is 0.270. The molecule has 0 bridgehead atoms. The van der Waals surface area contributed by atoms with E-state index >= 15 is 0 Å². The maximum absolute atomic E-state index is 6.26. The average Bonchev–Trinajstić information content (AvgIpc) is 2.39. The van der Waals surface area contributed by atoms with E-state index in [0.717, 1.165) is 24.4 Å².